The molecule has 1 unspecified atom stereocenters. The second kappa shape index (κ2) is 5.17. The van der Waals surface area contributed by atoms with Crippen LogP contribution in [0.15, 0.2) is 0 Å². The zero-order valence-corrected chi connectivity index (χ0v) is 10.5. The van der Waals surface area contributed by atoms with E-state index in [9.17, 15) is 4.79 Å². The molecule has 2 heterocycles. The Morgan fingerprint density at radius 2 is 2.19 bits per heavy atom. The fourth-order valence-corrected chi connectivity index (χ4v) is 2.85. The van der Waals surface area contributed by atoms with E-state index in [-0.39, 0.29) is 5.92 Å². The minimum Gasteiger partial charge on any atom is -0.342 e. The lowest BCUT2D eigenvalue weighted by atomic mass is 9.95. The van der Waals surface area contributed by atoms with E-state index in [1.54, 1.807) is 0 Å². The number of likely N-dealkylation sites (tertiary alicyclic amines) is 1. The van der Waals surface area contributed by atoms with Crippen molar-refractivity contribution in [2.24, 2.45) is 17.8 Å². The zero-order valence-electron chi connectivity index (χ0n) is 10.5. The van der Waals surface area contributed by atoms with Gasteiger partial charge in [-0.1, -0.05) is 13.8 Å². The maximum absolute atomic E-state index is 12.3. The van der Waals surface area contributed by atoms with Crippen LogP contribution in [-0.2, 0) is 4.79 Å². The molecule has 0 spiro atoms. The van der Waals surface area contributed by atoms with Crippen molar-refractivity contribution in [1.82, 2.24) is 10.2 Å². The summed E-state index contributed by atoms with van der Waals surface area (Å²) in [5, 5.41) is 3.33. The van der Waals surface area contributed by atoms with Crippen molar-refractivity contribution >= 4 is 5.91 Å². The van der Waals surface area contributed by atoms with Crippen LogP contribution < -0.4 is 5.32 Å². The summed E-state index contributed by atoms with van der Waals surface area (Å²) in [6.07, 6.45) is 3.43. The SMILES string of the molecule is CC(C)C1CCN(C(=O)[C@@H]2CCCNC2)C1. The van der Waals surface area contributed by atoms with Gasteiger partial charge in [0.1, 0.15) is 0 Å². The van der Waals surface area contributed by atoms with Gasteiger partial charge in [-0.15, -0.1) is 0 Å². The normalized spacial score (nSPS) is 31.1. The molecule has 0 saturated carbocycles. The minimum atomic E-state index is 0.250. The number of nitrogens with zero attached hydrogens (tertiary/aromatic N) is 1. The number of amides is 1. The Morgan fingerprint density at radius 3 is 2.75 bits per heavy atom. The molecule has 16 heavy (non-hydrogen) atoms. The molecule has 2 rings (SSSR count). The Bertz CT molecular complexity index is 246. The molecular formula is C13H24N2O. The van der Waals surface area contributed by atoms with E-state index in [1.807, 2.05) is 0 Å². The lowest BCUT2D eigenvalue weighted by Gasteiger charge is -2.27. The third-order valence-corrected chi connectivity index (χ3v) is 4.13. The molecule has 3 nitrogen and oxygen atoms in total. The Morgan fingerprint density at radius 1 is 1.38 bits per heavy atom. The average molecular weight is 224 g/mol. The van der Waals surface area contributed by atoms with E-state index >= 15 is 0 Å². The molecule has 2 aliphatic rings. The van der Waals surface area contributed by atoms with Gasteiger partial charge in [-0.2, -0.15) is 0 Å². The summed E-state index contributed by atoms with van der Waals surface area (Å²) in [6.45, 7) is 8.48. The largest absolute Gasteiger partial charge is 0.342 e. The van der Waals surface area contributed by atoms with Crippen molar-refractivity contribution in [3.8, 4) is 0 Å². The molecule has 1 N–H and O–H groups in total. The van der Waals surface area contributed by atoms with Crippen LogP contribution in [0, 0.1) is 17.8 Å². The monoisotopic (exact) mass is 224 g/mol. The van der Waals surface area contributed by atoms with Gasteiger partial charge >= 0.3 is 0 Å². The van der Waals surface area contributed by atoms with Gasteiger partial charge in [-0.25, -0.2) is 0 Å². The van der Waals surface area contributed by atoms with Gasteiger partial charge in [-0.05, 0) is 37.6 Å². The van der Waals surface area contributed by atoms with Crippen LogP contribution in [0.4, 0.5) is 0 Å². The van der Waals surface area contributed by atoms with Gasteiger partial charge in [0.25, 0.3) is 0 Å². The second-order valence-electron chi connectivity index (χ2n) is 5.62. The van der Waals surface area contributed by atoms with E-state index in [2.05, 4.69) is 24.1 Å². The summed E-state index contributed by atoms with van der Waals surface area (Å²) in [5.74, 6) is 2.08. The van der Waals surface area contributed by atoms with Crippen molar-refractivity contribution < 1.29 is 4.79 Å². The predicted octanol–water partition coefficient (Wildman–Crippen LogP) is 1.49. The standard InChI is InChI=1S/C13H24N2O/c1-10(2)12-5-7-15(9-12)13(16)11-4-3-6-14-8-11/h10-12,14H,3-9H2,1-2H3/t11-,12?/m1/s1. The summed E-state index contributed by atoms with van der Waals surface area (Å²) < 4.78 is 0. The molecule has 92 valence electrons. The molecule has 1 amide bonds. The summed E-state index contributed by atoms with van der Waals surface area (Å²) in [4.78, 5) is 14.4. The van der Waals surface area contributed by atoms with Crippen molar-refractivity contribution in [3.63, 3.8) is 0 Å². The first kappa shape index (κ1) is 11.9. The highest BCUT2D eigenvalue weighted by Gasteiger charge is 2.32. The Labute approximate surface area is 98.6 Å². The molecule has 0 aromatic carbocycles. The van der Waals surface area contributed by atoms with Gasteiger partial charge in [0.05, 0.1) is 5.92 Å². The highest BCUT2D eigenvalue weighted by atomic mass is 16.2. The fraction of sp³-hybridized carbons (Fsp3) is 0.923. The van der Waals surface area contributed by atoms with Crippen molar-refractivity contribution in [2.75, 3.05) is 26.2 Å². The summed E-state index contributed by atoms with van der Waals surface area (Å²) in [7, 11) is 0. The van der Waals surface area contributed by atoms with Gasteiger partial charge in [0.15, 0.2) is 0 Å². The Kier molecular flexibility index (Phi) is 3.85. The van der Waals surface area contributed by atoms with Crippen LogP contribution in [0.2, 0.25) is 0 Å². The molecule has 2 aliphatic heterocycles. The number of nitrogens with one attached hydrogen (secondary N) is 1. The number of rotatable bonds is 2. The lowest BCUT2D eigenvalue weighted by molar-refractivity contribution is -0.135. The Balaban J connectivity index is 1.86. The van der Waals surface area contributed by atoms with Gasteiger partial charge in [-0.3, -0.25) is 4.79 Å². The van der Waals surface area contributed by atoms with Gasteiger partial charge in [0, 0.05) is 19.6 Å². The predicted molar refractivity (Wildman–Crippen MR) is 65.1 cm³/mol. The zero-order chi connectivity index (χ0) is 11.5. The van der Waals surface area contributed by atoms with Crippen LogP contribution in [0.25, 0.3) is 0 Å². The molecule has 0 radical (unpaired) electrons. The molecule has 0 aromatic rings. The molecule has 2 fully saturated rings. The molecule has 0 aliphatic carbocycles. The number of carbonyl (C=O) groups excluding carboxylic acids is 1. The first-order valence-electron chi connectivity index (χ1n) is 6.68. The second-order valence-corrected chi connectivity index (χ2v) is 5.62. The highest BCUT2D eigenvalue weighted by Crippen LogP contribution is 2.25. The first-order valence-corrected chi connectivity index (χ1v) is 6.68. The lowest BCUT2D eigenvalue weighted by Crippen LogP contribution is -2.42. The van der Waals surface area contributed by atoms with Gasteiger partial charge < -0.3 is 10.2 Å². The average Bonchev–Trinajstić information content (AvgIpc) is 2.78. The van der Waals surface area contributed by atoms with Crippen molar-refractivity contribution in [3.05, 3.63) is 0 Å². The topological polar surface area (TPSA) is 32.3 Å². The summed E-state index contributed by atoms with van der Waals surface area (Å²) in [5.41, 5.74) is 0. The van der Waals surface area contributed by atoms with Crippen LogP contribution in [0.3, 0.4) is 0 Å². The number of hydrogen-bond donors (Lipinski definition) is 1. The van der Waals surface area contributed by atoms with E-state index < -0.39 is 0 Å². The molecule has 0 bridgehead atoms. The first-order chi connectivity index (χ1) is 7.68. The third-order valence-electron chi connectivity index (χ3n) is 4.13. The molecular weight excluding hydrogens is 200 g/mol. The van der Waals surface area contributed by atoms with E-state index in [4.69, 9.17) is 0 Å². The fourth-order valence-electron chi connectivity index (χ4n) is 2.85. The maximum atomic E-state index is 12.3. The number of piperidine rings is 1. The van der Waals surface area contributed by atoms with Crippen LogP contribution in [0.5, 0.6) is 0 Å². The van der Waals surface area contributed by atoms with Crippen LogP contribution in [0.1, 0.15) is 33.1 Å². The maximum Gasteiger partial charge on any atom is 0.226 e. The third kappa shape index (κ3) is 2.57. The Hall–Kier alpha value is -0.570. The molecule has 2 saturated heterocycles. The molecule has 3 heteroatoms. The van der Waals surface area contributed by atoms with E-state index in [1.165, 1.54) is 6.42 Å². The molecule has 2 atom stereocenters. The van der Waals surface area contributed by atoms with Crippen LogP contribution in [-0.4, -0.2) is 37.0 Å². The molecule has 0 aromatic heterocycles. The van der Waals surface area contributed by atoms with Crippen molar-refractivity contribution in [2.45, 2.75) is 33.1 Å². The summed E-state index contributed by atoms with van der Waals surface area (Å²) in [6, 6.07) is 0. The highest BCUT2D eigenvalue weighted by molar-refractivity contribution is 5.79. The smallest absolute Gasteiger partial charge is 0.226 e. The summed E-state index contributed by atoms with van der Waals surface area (Å²) >= 11 is 0. The van der Waals surface area contributed by atoms with Gasteiger partial charge in [0.2, 0.25) is 5.91 Å². The minimum absolute atomic E-state index is 0.250. The number of carbonyl (C=O) groups is 1. The van der Waals surface area contributed by atoms with E-state index in [0.717, 1.165) is 44.9 Å². The quantitative estimate of drug-likeness (QED) is 0.771. The van der Waals surface area contributed by atoms with Crippen LogP contribution >= 0.6 is 0 Å². The van der Waals surface area contributed by atoms with Crippen molar-refractivity contribution in [1.29, 1.82) is 0 Å². The van der Waals surface area contributed by atoms with E-state index in [0.29, 0.717) is 11.8 Å². The number of hydrogen-bond acceptors (Lipinski definition) is 2.